The van der Waals surface area contributed by atoms with Gasteiger partial charge >= 0.3 is 6.18 Å². The molecule has 0 aliphatic heterocycles. The van der Waals surface area contributed by atoms with Crippen LogP contribution in [0.5, 0.6) is 0 Å². The largest absolute Gasteiger partial charge is 0.406 e. The normalized spacial score (nSPS) is 13.1. The minimum atomic E-state index is -4.46. The Morgan fingerprint density at radius 2 is 2.03 bits per heavy atom. The maximum atomic E-state index is 12.8. The molecule has 4 rings (SSSR count). The van der Waals surface area contributed by atoms with Gasteiger partial charge in [0.05, 0.1) is 11.6 Å². The van der Waals surface area contributed by atoms with Crippen LogP contribution >= 0.6 is 0 Å². The van der Waals surface area contributed by atoms with Crippen LogP contribution in [0.4, 0.5) is 24.7 Å². The van der Waals surface area contributed by atoms with E-state index in [-0.39, 0.29) is 17.7 Å². The van der Waals surface area contributed by atoms with Gasteiger partial charge in [-0.15, -0.1) is 0 Å². The number of anilines is 2. The van der Waals surface area contributed by atoms with Crippen molar-refractivity contribution < 1.29 is 18.0 Å². The number of nitrogens with one attached hydrogen (secondary N) is 2. The molecule has 0 atom stereocenters. The molecular weight excluding hydrogens is 461 g/mol. The molecule has 0 saturated heterocycles. The summed E-state index contributed by atoms with van der Waals surface area (Å²) in [6.07, 6.45) is -0.588. The lowest BCUT2D eigenvalue weighted by Gasteiger charge is -2.23. The summed E-state index contributed by atoms with van der Waals surface area (Å²) in [5.74, 6) is 0.286. The van der Waals surface area contributed by atoms with E-state index in [0.29, 0.717) is 28.4 Å². The van der Waals surface area contributed by atoms with Crippen molar-refractivity contribution in [1.82, 2.24) is 19.7 Å². The van der Waals surface area contributed by atoms with Gasteiger partial charge in [-0.05, 0) is 62.4 Å². The highest BCUT2D eigenvalue weighted by atomic mass is 19.4. The van der Waals surface area contributed by atoms with Crippen molar-refractivity contribution in [3.63, 3.8) is 0 Å². The molecule has 35 heavy (non-hydrogen) atoms. The molecule has 1 aromatic carbocycles. The van der Waals surface area contributed by atoms with E-state index in [9.17, 15) is 22.8 Å². The zero-order valence-corrected chi connectivity index (χ0v) is 19.7. The first-order chi connectivity index (χ1) is 16.6. The summed E-state index contributed by atoms with van der Waals surface area (Å²) in [4.78, 5) is 28.5. The predicted molar refractivity (Wildman–Crippen MR) is 126 cm³/mol. The van der Waals surface area contributed by atoms with Gasteiger partial charge in [-0.1, -0.05) is 0 Å². The number of H-pyrrole nitrogens is 1. The van der Waals surface area contributed by atoms with E-state index in [1.165, 1.54) is 19.9 Å². The van der Waals surface area contributed by atoms with Gasteiger partial charge in [-0.3, -0.25) is 14.3 Å². The topological polar surface area (TPSA) is 107 Å². The van der Waals surface area contributed by atoms with Crippen LogP contribution in [-0.2, 0) is 6.54 Å². The van der Waals surface area contributed by atoms with Crippen molar-refractivity contribution in [3.05, 3.63) is 51.9 Å². The zero-order chi connectivity index (χ0) is 25.8. The molecule has 11 heteroatoms. The number of aromatic amines is 1. The summed E-state index contributed by atoms with van der Waals surface area (Å²) in [5.41, 5.74) is 1.78. The Hall–Kier alpha value is -3.81. The second-order valence-electron chi connectivity index (χ2n) is 8.35. The van der Waals surface area contributed by atoms with Crippen LogP contribution in [0.2, 0.25) is 0 Å². The van der Waals surface area contributed by atoms with Gasteiger partial charge in [0.2, 0.25) is 0 Å². The molecule has 1 amide bonds. The Morgan fingerprint density at radius 3 is 2.60 bits per heavy atom. The fourth-order valence-corrected chi connectivity index (χ4v) is 3.74. The molecule has 1 aliphatic carbocycles. The summed E-state index contributed by atoms with van der Waals surface area (Å²) in [7, 11) is 0. The third-order valence-electron chi connectivity index (χ3n) is 5.56. The summed E-state index contributed by atoms with van der Waals surface area (Å²) < 4.78 is 40.2. The molecule has 0 unspecified atom stereocenters. The minimum Gasteiger partial charge on any atom is -0.338 e. The first-order valence-electron chi connectivity index (χ1n) is 11.2. The highest BCUT2D eigenvalue weighted by Gasteiger charge is 2.33. The number of aromatic nitrogens is 3. The van der Waals surface area contributed by atoms with E-state index in [1.54, 1.807) is 31.3 Å². The van der Waals surface area contributed by atoms with Crippen LogP contribution in [0.1, 0.15) is 42.6 Å². The fourth-order valence-electron chi connectivity index (χ4n) is 3.74. The number of carbonyl (C=O) groups is 1. The SMILES string of the molecule is CC#N.CCN(CC(F)(F)F)C(=O)c1ccc(Nc2nn(CC3CC3)c3cc[nH]c(=O)c23)cc1C. The van der Waals surface area contributed by atoms with Crippen molar-refractivity contribution >= 4 is 28.3 Å². The number of amides is 1. The predicted octanol–water partition coefficient (Wildman–Crippen LogP) is 4.74. The summed E-state index contributed by atoms with van der Waals surface area (Å²) in [6.45, 7) is 3.99. The smallest absolute Gasteiger partial charge is 0.338 e. The van der Waals surface area contributed by atoms with Gasteiger partial charge in [0.25, 0.3) is 11.5 Å². The number of alkyl halides is 3. The number of benzene rings is 1. The van der Waals surface area contributed by atoms with E-state index in [4.69, 9.17) is 5.26 Å². The maximum Gasteiger partial charge on any atom is 0.406 e. The van der Waals surface area contributed by atoms with Crippen LogP contribution in [0.15, 0.2) is 35.3 Å². The molecule has 2 heterocycles. The lowest BCUT2D eigenvalue weighted by molar-refractivity contribution is -0.140. The van der Waals surface area contributed by atoms with Crippen LogP contribution in [-0.4, -0.2) is 44.8 Å². The van der Waals surface area contributed by atoms with Gasteiger partial charge in [0.15, 0.2) is 5.82 Å². The van der Waals surface area contributed by atoms with E-state index < -0.39 is 18.6 Å². The molecule has 0 spiro atoms. The first kappa shape index (κ1) is 25.8. The Labute approximate surface area is 200 Å². The van der Waals surface area contributed by atoms with Crippen molar-refractivity contribution in [3.8, 4) is 6.07 Å². The van der Waals surface area contributed by atoms with Crippen LogP contribution in [0.25, 0.3) is 10.9 Å². The van der Waals surface area contributed by atoms with Crippen molar-refractivity contribution in [2.24, 2.45) is 5.92 Å². The molecule has 2 N–H and O–H groups in total. The Bertz CT molecular complexity index is 1300. The van der Waals surface area contributed by atoms with Gasteiger partial charge < -0.3 is 15.2 Å². The average Bonchev–Trinajstić information content (AvgIpc) is 3.53. The number of nitrogens with zero attached hydrogens (tertiary/aromatic N) is 4. The van der Waals surface area contributed by atoms with Crippen molar-refractivity contribution in [2.45, 2.75) is 46.3 Å². The van der Waals surface area contributed by atoms with Gasteiger partial charge in [-0.25, -0.2) is 0 Å². The van der Waals surface area contributed by atoms with Crippen molar-refractivity contribution in [2.75, 3.05) is 18.4 Å². The van der Waals surface area contributed by atoms with Crippen LogP contribution in [0, 0.1) is 24.2 Å². The maximum absolute atomic E-state index is 12.8. The molecule has 0 radical (unpaired) electrons. The van der Waals surface area contributed by atoms with E-state index >= 15 is 0 Å². The average molecular weight is 489 g/mol. The number of halogens is 3. The van der Waals surface area contributed by atoms with Gasteiger partial charge in [0, 0.05) is 37.5 Å². The third-order valence-corrected chi connectivity index (χ3v) is 5.56. The number of carbonyl (C=O) groups excluding carboxylic acids is 1. The Balaban J connectivity index is 0.00000108. The third kappa shape index (κ3) is 6.41. The lowest BCUT2D eigenvalue weighted by atomic mass is 10.1. The number of hydrogen-bond donors (Lipinski definition) is 2. The summed E-state index contributed by atoms with van der Waals surface area (Å²) in [6, 6.07) is 8.32. The second-order valence-corrected chi connectivity index (χ2v) is 8.35. The quantitative estimate of drug-likeness (QED) is 0.500. The standard InChI is InChI=1S/C22H24F3N5O2.C2H3N/c1-3-29(12-22(23,24)25)21(32)16-7-6-15(10-13(16)2)27-19-18-17(8-9-26-20(18)31)30(28-19)11-14-4-5-14;1-2-3/h6-10,14H,3-5,11-12H2,1-2H3,(H,26,31)(H,27,28);1H3. The number of hydrogen-bond acceptors (Lipinski definition) is 5. The number of aryl methyl sites for hydroxylation is 1. The van der Waals surface area contributed by atoms with Crippen LogP contribution in [0.3, 0.4) is 0 Å². The molecule has 8 nitrogen and oxygen atoms in total. The molecule has 1 aliphatic rings. The van der Waals surface area contributed by atoms with E-state index in [0.717, 1.165) is 29.8 Å². The van der Waals surface area contributed by atoms with Gasteiger partial charge in [0.1, 0.15) is 11.9 Å². The Morgan fingerprint density at radius 1 is 1.34 bits per heavy atom. The lowest BCUT2D eigenvalue weighted by Crippen LogP contribution is -2.39. The molecule has 2 aromatic heterocycles. The van der Waals surface area contributed by atoms with Crippen LogP contribution < -0.4 is 10.9 Å². The monoisotopic (exact) mass is 488 g/mol. The van der Waals surface area contributed by atoms with Gasteiger partial charge in [-0.2, -0.15) is 23.5 Å². The van der Waals surface area contributed by atoms with E-state index in [2.05, 4.69) is 15.4 Å². The summed E-state index contributed by atoms with van der Waals surface area (Å²) in [5, 5.41) is 15.5. The number of fused-ring (bicyclic) bond motifs is 1. The number of rotatable bonds is 7. The zero-order valence-electron chi connectivity index (χ0n) is 19.7. The molecule has 1 saturated carbocycles. The number of pyridine rings is 1. The molecule has 0 bridgehead atoms. The minimum absolute atomic E-state index is 0.0506. The molecule has 3 aromatic rings. The first-order valence-corrected chi connectivity index (χ1v) is 11.2. The summed E-state index contributed by atoms with van der Waals surface area (Å²) >= 11 is 0. The highest BCUT2D eigenvalue weighted by molar-refractivity contribution is 5.96. The molecule has 1 fully saturated rings. The van der Waals surface area contributed by atoms with E-state index in [1.807, 2.05) is 10.7 Å². The highest BCUT2D eigenvalue weighted by Crippen LogP contribution is 2.33. The molecule has 186 valence electrons. The Kier molecular flexibility index (Phi) is 7.84. The van der Waals surface area contributed by atoms with Crippen molar-refractivity contribution in [1.29, 1.82) is 5.26 Å². The fraction of sp³-hybridized carbons (Fsp3) is 0.417. The molecular formula is C24H27F3N6O2. The second kappa shape index (κ2) is 10.6. The number of nitriles is 1.